The first-order valence-corrected chi connectivity index (χ1v) is 7.17. The fourth-order valence-electron chi connectivity index (χ4n) is 2.63. The van der Waals surface area contributed by atoms with Crippen molar-refractivity contribution in [2.75, 3.05) is 13.7 Å². The Kier molecular flexibility index (Phi) is 5.99. The number of nitrogens with one attached hydrogen (secondary N) is 1. The highest BCUT2D eigenvalue weighted by atomic mass is 16.5. The van der Waals surface area contributed by atoms with Crippen molar-refractivity contribution >= 4 is 18.0 Å². The molecule has 0 aromatic heterocycles. The van der Waals surface area contributed by atoms with Gasteiger partial charge in [-0.2, -0.15) is 0 Å². The summed E-state index contributed by atoms with van der Waals surface area (Å²) >= 11 is 0. The number of carbonyl (C=O) groups is 3. The van der Waals surface area contributed by atoms with Gasteiger partial charge in [-0.1, -0.05) is 20.8 Å². The fraction of sp³-hybridized carbons (Fsp3) is 0.786. The largest absolute Gasteiger partial charge is 0.480 e. The number of hydrogen-bond donors (Lipinski definition) is 2. The molecule has 1 aliphatic heterocycles. The summed E-state index contributed by atoms with van der Waals surface area (Å²) in [5, 5.41) is 11.9. The molecule has 7 heteroatoms. The third kappa shape index (κ3) is 4.09. The van der Waals surface area contributed by atoms with Crippen molar-refractivity contribution in [2.45, 2.75) is 45.7 Å². The van der Waals surface area contributed by atoms with Gasteiger partial charge in [-0.15, -0.1) is 0 Å². The zero-order chi connectivity index (χ0) is 16.2. The van der Waals surface area contributed by atoms with E-state index >= 15 is 0 Å². The van der Waals surface area contributed by atoms with Crippen molar-refractivity contribution in [2.24, 2.45) is 11.8 Å². The Morgan fingerprint density at radius 3 is 2.43 bits per heavy atom. The van der Waals surface area contributed by atoms with Crippen LogP contribution in [0.1, 0.15) is 33.6 Å². The molecule has 1 rings (SSSR count). The number of carboxylic acid groups (broad SMARTS) is 1. The molecular formula is C14H24N2O5. The Morgan fingerprint density at radius 1 is 1.33 bits per heavy atom. The summed E-state index contributed by atoms with van der Waals surface area (Å²) in [6, 6.07) is -2.17. The molecule has 1 fully saturated rings. The van der Waals surface area contributed by atoms with Crippen LogP contribution < -0.4 is 5.32 Å². The van der Waals surface area contributed by atoms with Gasteiger partial charge in [-0.3, -0.25) is 0 Å². The smallest absolute Gasteiger partial charge is 0.328 e. The number of nitrogens with zero attached hydrogens (tertiary/aromatic N) is 1. The molecule has 21 heavy (non-hydrogen) atoms. The first-order valence-electron chi connectivity index (χ1n) is 7.17. The lowest BCUT2D eigenvalue weighted by atomic mass is 9.91. The number of rotatable bonds is 4. The maximum absolute atomic E-state index is 12.3. The van der Waals surface area contributed by atoms with Crippen LogP contribution in [-0.4, -0.2) is 53.7 Å². The number of carbonyl (C=O) groups excluding carboxylic acids is 2. The van der Waals surface area contributed by atoms with Crippen molar-refractivity contribution in [3.05, 3.63) is 0 Å². The van der Waals surface area contributed by atoms with Gasteiger partial charge in [-0.25, -0.2) is 14.4 Å². The van der Waals surface area contributed by atoms with E-state index in [0.29, 0.717) is 6.54 Å². The number of methoxy groups -OCH3 is 1. The van der Waals surface area contributed by atoms with Gasteiger partial charge in [0, 0.05) is 6.54 Å². The number of urea groups is 1. The SMILES string of the molecule is COC(=O)C(NC(=O)N1CCCC(C)C1C(=O)O)C(C)C. The van der Waals surface area contributed by atoms with E-state index in [2.05, 4.69) is 10.1 Å². The molecule has 0 aliphatic carbocycles. The molecule has 2 amide bonds. The average Bonchev–Trinajstić information content (AvgIpc) is 2.42. The van der Waals surface area contributed by atoms with Gasteiger partial charge in [0.1, 0.15) is 12.1 Å². The summed E-state index contributed by atoms with van der Waals surface area (Å²) in [5.41, 5.74) is 0. The van der Waals surface area contributed by atoms with Gasteiger partial charge >= 0.3 is 18.0 Å². The summed E-state index contributed by atoms with van der Waals surface area (Å²) in [5.74, 6) is -1.81. The Balaban J connectivity index is 2.84. The van der Waals surface area contributed by atoms with Crippen LogP contribution in [0.2, 0.25) is 0 Å². The number of piperidine rings is 1. The highest BCUT2D eigenvalue weighted by Gasteiger charge is 2.38. The van der Waals surface area contributed by atoms with E-state index < -0.39 is 30.1 Å². The summed E-state index contributed by atoms with van der Waals surface area (Å²) in [7, 11) is 1.26. The van der Waals surface area contributed by atoms with Gasteiger partial charge in [0.05, 0.1) is 7.11 Å². The van der Waals surface area contributed by atoms with Crippen molar-refractivity contribution in [1.82, 2.24) is 10.2 Å². The van der Waals surface area contributed by atoms with Crippen LogP contribution in [0.3, 0.4) is 0 Å². The molecule has 1 heterocycles. The monoisotopic (exact) mass is 300 g/mol. The summed E-state index contributed by atoms with van der Waals surface area (Å²) in [6.07, 6.45) is 1.52. The van der Waals surface area contributed by atoms with E-state index in [9.17, 15) is 19.5 Å². The minimum atomic E-state index is -1.02. The minimum absolute atomic E-state index is 0.113. The highest BCUT2D eigenvalue weighted by molar-refractivity contribution is 5.87. The first kappa shape index (κ1) is 17.3. The molecule has 0 aromatic carbocycles. The first-order chi connectivity index (χ1) is 9.79. The van der Waals surface area contributed by atoms with E-state index in [1.165, 1.54) is 12.0 Å². The molecular weight excluding hydrogens is 276 g/mol. The molecule has 0 radical (unpaired) electrons. The van der Waals surface area contributed by atoms with E-state index in [-0.39, 0.29) is 11.8 Å². The number of hydrogen-bond acceptors (Lipinski definition) is 4. The number of likely N-dealkylation sites (tertiary alicyclic amines) is 1. The van der Waals surface area contributed by atoms with Crippen molar-refractivity contribution in [3.8, 4) is 0 Å². The molecule has 0 bridgehead atoms. The van der Waals surface area contributed by atoms with E-state index in [0.717, 1.165) is 12.8 Å². The van der Waals surface area contributed by atoms with Crippen molar-refractivity contribution < 1.29 is 24.2 Å². The third-order valence-electron chi connectivity index (χ3n) is 3.85. The standard InChI is InChI=1S/C14H24N2O5/c1-8(2)10(13(19)21-4)15-14(20)16-7-5-6-9(3)11(16)12(17)18/h8-11H,5-7H2,1-4H3,(H,15,20)(H,17,18). The molecule has 120 valence electrons. The maximum Gasteiger partial charge on any atom is 0.328 e. The second-order valence-electron chi connectivity index (χ2n) is 5.79. The number of carboxylic acids is 1. The molecule has 1 aliphatic rings. The van der Waals surface area contributed by atoms with Gasteiger partial charge < -0.3 is 20.1 Å². The predicted molar refractivity (Wildman–Crippen MR) is 75.7 cm³/mol. The summed E-state index contributed by atoms with van der Waals surface area (Å²) < 4.78 is 4.67. The van der Waals surface area contributed by atoms with Crippen LogP contribution in [0, 0.1) is 11.8 Å². The number of ether oxygens (including phenoxy) is 1. The van der Waals surface area contributed by atoms with E-state index in [1.807, 2.05) is 6.92 Å². The highest BCUT2D eigenvalue weighted by Crippen LogP contribution is 2.23. The van der Waals surface area contributed by atoms with Gasteiger partial charge in [0.2, 0.25) is 0 Å². The van der Waals surface area contributed by atoms with Crippen molar-refractivity contribution in [3.63, 3.8) is 0 Å². The van der Waals surface area contributed by atoms with Gasteiger partial charge in [0.25, 0.3) is 0 Å². The van der Waals surface area contributed by atoms with E-state index in [4.69, 9.17) is 0 Å². The second-order valence-corrected chi connectivity index (χ2v) is 5.79. The molecule has 0 saturated carbocycles. The van der Waals surface area contributed by atoms with Crippen LogP contribution in [0.25, 0.3) is 0 Å². The minimum Gasteiger partial charge on any atom is -0.480 e. The molecule has 2 N–H and O–H groups in total. The number of amides is 2. The zero-order valence-corrected chi connectivity index (χ0v) is 13.0. The predicted octanol–water partition coefficient (Wildman–Crippen LogP) is 1.08. The summed E-state index contributed by atoms with van der Waals surface area (Å²) in [6.45, 7) is 5.77. The Morgan fingerprint density at radius 2 is 1.95 bits per heavy atom. The van der Waals surface area contributed by atoms with Gasteiger partial charge in [0.15, 0.2) is 0 Å². The average molecular weight is 300 g/mol. The molecule has 0 spiro atoms. The fourth-order valence-corrected chi connectivity index (χ4v) is 2.63. The molecule has 0 aromatic rings. The quantitative estimate of drug-likeness (QED) is 0.757. The zero-order valence-electron chi connectivity index (χ0n) is 13.0. The molecule has 3 unspecified atom stereocenters. The van der Waals surface area contributed by atoms with Crippen LogP contribution in [0.4, 0.5) is 4.79 Å². The molecule has 1 saturated heterocycles. The number of aliphatic carboxylic acids is 1. The second kappa shape index (κ2) is 7.28. The lowest BCUT2D eigenvalue weighted by molar-refractivity contribution is -0.145. The molecule has 7 nitrogen and oxygen atoms in total. The normalized spacial score (nSPS) is 23.6. The Hall–Kier alpha value is -1.79. The lowest BCUT2D eigenvalue weighted by Crippen LogP contribution is -2.58. The Labute approximate surface area is 124 Å². The topological polar surface area (TPSA) is 95.9 Å². The number of esters is 1. The van der Waals surface area contributed by atoms with Crippen LogP contribution in [0.15, 0.2) is 0 Å². The van der Waals surface area contributed by atoms with E-state index in [1.54, 1.807) is 13.8 Å². The van der Waals surface area contributed by atoms with Gasteiger partial charge in [-0.05, 0) is 24.7 Å². The summed E-state index contributed by atoms with van der Waals surface area (Å²) in [4.78, 5) is 36.7. The third-order valence-corrected chi connectivity index (χ3v) is 3.85. The lowest BCUT2D eigenvalue weighted by Gasteiger charge is -2.38. The van der Waals surface area contributed by atoms with Crippen LogP contribution in [-0.2, 0) is 14.3 Å². The maximum atomic E-state index is 12.3. The van der Waals surface area contributed by atoms with Crippen molar-refractivity contribution in [1.29, 1.82) is 0 Å². The van der Waals surface area contributed by atoms with Crippen LogP contribution >= 0.6 is 0 Å². The van der Waals surface area contributed by atoms with Crippen LogP contribution in [0.5, 0.6) is 0 Å². The Bertz CT molecular complexity index is 410. The molecule has 3 atom stereocenters.